The first-order chi connectivity index (χ1) is 8.31. The number of pyridine rings is 1. The van der Waals surface area contributed by atoms with Gasteiger partial charge in [0.25, 0.3) is 0 Å². The smallest absolute Gasteiger partial charge is 0.0596 e. The van der Waals surface area contributed by atoms with Crippen LogP contribution in [-0.2, 0) is 6.54 Å². The Hall–Kier alpha value is -1.13. The van der Waals surface area contributed by atoms with Crippen LogP contribution >= 0.6 is 0 Å². The fourth-order valence-electron chi connectivity index (χ4n) is 2.35. The van der Waals surface area contributed by atoms with Gasteiger partial charge in [0, 0.05) is 32.9 Å². The van der Waals surface area contributed by atoms with E-state index in [0.717, 1.165) is 18.8 Å². The van der Waals surface area contributed by atoms with Crippen molar-refractivity contribution in [3.63, 3.8) is 0 Å². The SMILES string of the molecule is CN(CCN1CCCC1)c1cnccc1CN. The summed E-state index contributed by atoms with van der Waals surface area (Å²) in [6.07, 6.45) is 6.42. The van der Waals surface area contributed by atoms with E-state index in [1.165, 1.54) is 31.5 Å². The van der Waals surface area contributed by atoms with Crippen LogP contribution < -0.4 is 10.6 Å². The average molecular weight is 234 g/mol. The predicted molar refractivity (Wildman–Crippen MR) is 71.1 cm³/mol. The molecule has 17 heavy (non-hydrogen) atoms. The van der Waals surface area contributed by atoms with Gasteiger partial charge in [-0.3, -0.25) is 4.98 Å². The number of rotatable bonds is 5. The number of aromatic nitrogens is 1. The van der Waals surface area contributed by atoms with E-state index < -0.39 is 0 Å². The van der Waals surface area contributed by atoms with Gasteiger partial charge in [0.1, 0.15) is 0 Å². The van der Waals surface area contributed by atoms with Gasteiger partial charge in [-0.15, -0.1) is 0 Å². The van der Waals surface area contributed by atoms with Gasteiger partial charge >= 0.3 is 0 Å². The first kappa shape index (κ1) is 12.3. The van der Waals surface area contributed by atoms with Crippen LogP contribution in [0.4, 0.5) is 5.69 Å². The second-order valence-electron chi connectivity index (χ2n) is 4.68. The third kappa shape index (κ3) is 3.17. The summed E-state index contributed by atoms with van der Waals surface area (Å²) < 4.78 is 0. The highest BCUT2D eigenvalue weighted by molar-refractivity contribution is 5.50. The summed E-state index contributed by atoms with van der Waals surface area (Å²) in [5.74, 6) is 0. The quantitative estimate of drug-likeness (QED) is 0.828. The number of nitrogens with two attached hydrogens (primary N) is 1. The molecule has 0 saturated carbocycles. The summed E-state index contributed by atoms with van der Waals surface area (Å²) >= 11 is 0. The minimum Gasteiger partial charge on any atom is -0.372 e. The van der Waals surface area contributed by atoms with Crippen LogP contribution in [0.2, 0.25) is 0 Å². The lowest BCUT2D eigenvalue weighted by molar-refractivity contribution is 0.346. The van der Waals surface area contributed by atoms with Crippen LogP contribution in [0.25, 0.3) is 0 Å². The summed E-state index contributed by atoms with van der Waals surface area (Å²) in [5.41, 5.74) is 8.07. The minimum absolute atomic E-state index is 0.575. The molecule has 1 aliphatic heterocycles. The molecule has 4 nitrogen and oxygen atoms in total. The summed E-state index contributed by atoms with van der Waals surface area (Å²) in [6.45, 7) is 5.26. The maximum atomic E-state index is 5.74. The molecule has 94 valence electrons. The number of anilines is 1. The predicted octanol–water partition coefficient (Wildman–Crippen LogP) is 1.07. The number of hydrogen-bond donors (Lipinski definition) is 1. The first-order valence-corrected chi connectivity index (χ1v) is 6.37. The molecule has 2 N–H and O–H groups in total. The second-order valence-corrected chi connectivity index (χ2v) is 4.68. The van der Waals surface area contributed by atoms with Crippen LogP contribution in [0.15, 0.2) is 18.5 Å². The van der Waals surface area contributed by atoms with Crippen LogP contribution in [0.3, 0.4) is 0 Å². The number of nitrogens with zero attached hydrogens (tertiary/aromatic N) is 3. The largest absolute Gasteiger partial charge is 0.372 e. The molecule has 2 heterocycles. The molecule has 0 atom stereocenters. The fourth-order valence-corrected chi connectivity index (χ4v) is 2.35. The van der Waals surface area contributed by atoms with Crippen LogP contribution in [-0.4, -0.2) is 43.1 Å². The van der Waals surface area contributed by atoms with E-state index in [-0.39, 0.29) is 0 Å². The summed E-state index contributed by atoms with van der Waals surface area (Å²) in [6, 6.07) is 2.00. The molecular formula is C13H22N4. The summed E-state index contributed by atoms with van der Waals surface area (Å²) in [5, 5.41) is 0. The number of hydrogen-bond acceptors (Lipinski definition) is 4. The number of likely N-dealkylation sites (tertiary alicyclic amines) is 1. The van der Waals surface area contributed by atoms with Crippen molar-refractivity contribution in [2.24, 2.45) is 5.73 Å². The Morgan fingerprint density at radius 2 is 2.18 bits per heavy atom. The van der Waals surface area contributed by atoms with Gasteiger partial charge in [-0.25, -0.2) is 0 Å². The van der Waals surface area contributed by atoms with Gasteiger partial charge in [-0.05, 0) is 37.6 Å². The fraction of sp³-hybridized carbons (Fsp3) is 0.615. The van der Waals surface area contributed by atoms with Gasteiger partial charge in [0.2, 0.25) is 0 Å². The highest BCUT2D eigenvalue weighted by Gasteiger charge is 2.13. The Morgan fingerprint density at radius 1 is 1.41 bits per heavy atom. The van der Waals surface area contributed by atoms with Crippen LogP contribution in [0.5, 0.6) is 0 Å². The van der Waals surface area contributed by atoms with Gasteiger partial charge in [-0.1, -0.05) is 0 Å². The molecular weight excluding hydrogens is 212 g/mol. The molecule has 4 heteroatoms. The Labute approximate surface area is 103 Å². The van der Waals surface area contributed by atoms with Gasteiger partial charge in [0.05, 0.1) is 11.9 Å². The van der Waals surface area contributed by atoms with Crippen molar-refractivity contribution in [3.05, 3.63) is 24.0 Å². The average Bonchev–Trinajstić information content (AvgIpc) is 2.89. The Kier molecular flexibility index (Phi) is 4.34. The monoisotopic (exact) mass is 234 g/mol. The van der Waals surface area contributed by atoms with E-state index in [9.17, 15) is 0 Å². The lowest BCUT2D eigenvalue weighted by atomic mass is 10.2. The molecule has 0 radical (unpaired) electrons. The van der Waals surface area contributed by atoms with Gasteiger partial charge in [-0.2, -0.15) is 0 Å². The molecule has 0 amide bonds. The lowest BCUT2D eigenvalue weighted by Gasteiger charge is -2.24. The van der Waals surface area contributed by atoms with Crippen molar-refractivity contribution in [1.82, 2.24) is 9.88 Å². The van der Waals surface area contributed by atoms with Crippen molar-refractivity contribution in [2.75, 3.05) is 38.1 Å². The summed E-state index contributed by atoms with van der Waals surface area (Å²) in [4.78, 5) is 8.96. The summed E-state index contributed by atoms with van der Waals surface area (Å²) in [7, 11) is 2.12. The number of likely N-dealkylation sites (N-methyl/N-ethyl adjacent to an activating group) is 1. The molecule has 0 bridgehead atoms. The molecule has 1 aromatic rings. The zero-order valence-corrected chi connectivity index (χ0v) is 10.6. The van der Waals surface area contributed by atoms with E-state index in [2.05, 4.69) is 21.8 Å². The van der Waals surface area contributed by atoms with Crippen molar-refractivity contribution < 1.29 is 0 Å². The zero-order chi connectivity index (χ0) is 12.1. The van der Waals surface area contributed by atoms with E-state index in [1.807, 2.05) is 12.3 Å². The molecule has 1 aliphatic rings. The maximum Gasteiger partial charge on any atom is 0.0596 e. The van der Waals surface area contributed by atoms with Crippen LogP contribution in [0, 0.1) is 0 Å². The van der Waals surface area contributed by atoms with Gasteiger partial charge in [0.15, 0.2) is 0 Å². The van der Waals surface area contributed by atoms with E-state index in [0.29, 0.717) is 6.54 Å². The zero-order valence-electron chi connectivity index (χ0n) is 10.6. The molecule has 0 aliphatic carbocycles. The Bertz CT molecular complexity index is 347. The van der Waals surface area contributed by atoms with E-state index in [1.54, 1.807) is 6.20 Å². The molecule has 0 spiro atoms. The minimum atomic E-state index is 0.575. The van der Waals surface area contributed by atoms with Crippen molar-refractivity contribution in [1.29, 1.82) is 0 Å². The Balaban J connectivity index is 1.91. The molecule has 0 unspecified atom stereocenters. The normalized spacial score (nSPS) is 16.4. The van der Waals surface area contributed by atoms with Gasteiger partial charge < -0.3 is 15.5 Å². The lowest BCUT2D eigenvalue weighted by Crippen LogP contribution is -2.32. The third-order valence-electron chi connectivity index (χ3n) is 3.47. The maximum absolute atomic E-state index is 5.74. The van der Waals surface area contributed by atoms with Crippen molar-refractivity contribution in [3.8, 4) is 0 Å². The first-order valence-electron chi connectivity index (χ1n) is 6.37. The highest BCUT2D eigenvalue weighted by atomic mass is 15.2. The third-order valence-corrected chi connectivity index (χ3v) is 3.47. The van der Waals surface area contributed by atoms with Crippen LogP contribution in [0.1, 0.15) is 18.4 Å². The molecule has 2 rings (SSSR count). The molecule has 1 saturated heterocycles. The second kappa shape index (κ2) is 5.98. The highest BCUT2D eigenvalue weighted by Crippen LogP contribution is 2.17. The Morgan fingerprint density at radius 3 is 2.88 bits per heavy atom. The molecule has 1 fully saturated rings. The standard InChI is InChI=1S/C13H22N4/c1-16(8-9-17-6-2-3-7-17)13-11-15-5-4-12(13)10-14/h4-5,11H,2-3,6-10,14H2,1H3. The van der Waals surface area contributed by atoms with Crippen molar-refractivity contribution in [2.45, 2.75) is 19.4 Å². The van der Waals surface area contributed by atoms with E-state index in [4.69, 9.17) is 5.73 Å². The van der Waals surface area contributed by atoms with E-state index >= 15 is 0 Å². The topological polar surface area (TPSA) is 45.4 Å². The molecule has 0 aromatic carbocycles. The van der Waals surface area contributed by atoms with Crippen molar-refractivity contribution >= 4 is 5.69 Å². The molecule has 1 aromatic heterocycles.